The maximum absolute atomic E-state index is 13.3. The van der Waals surface area contributed by atoms with E-state index in [1.54, 1.807) is 31.2 Å². The average molecular weight is 510 g/mol. The SMILES string of the molecule is CCOC(=O)c1ccc(N2CCN(CC)CC2)c(NC(=O)c2ccc(N3CCCCC3)c([N+](=O)[O-])c2)c1. The van der Waals surface area contributed by atoms with Crippen molar-refractivity contribution >= 4 is 34.6 Å². The van der Waals surface area contributed by atoms with Gasteiger partial charge in [-0.25, -0.2) is 4.79 Å². The van der Waals surface area contributed by atoms with Gasteiger partial charge < -0.3 is 24.8 Å². The Morgan fingerprint density at radius 1 is 0.892 bits per heavy atom. The second kappa shape index (κ2) is 12.1. The number of ether oxygens (including phenoxy) is 1. The van der Waals surface area contributed by atoms with Gasteiger partial charge in [-0.3, -0.25) is 14.9 Å². The number of carbonyl (C=O) groups is 2. The van der Waals surface area contributed by atoms with Crippen LogP contribution in [0.25, 0.3) is 0 Å². The Morgan fingerprint density at radius 3 is 2.19 bits per heavy atom. The van der Waals surface area contributed by atoms with Crippen LogP contribution in [-0.4, -0.2) is 74.1 Å². The van der Waals surface area contributed by atoms with Crippen LogP contribution >= 0.6 is 0 Å². The number of nitrogens with one attached hydrogen (secondary N) is 1. The monoisotopic (exact) mass is 509 g/mol. The highest BCUT2D eigenvalue weighted by atomic mass is 16.6. The molecule has 0 saturated carbocycles. The molecule has 4 rings (SSSR count). The summed E-state index contributed by atoms with van der Waals surface area (Å²) in [5, 5.41) is 14.8. The molecular weight excluding hydrogens is 474 g/mol. The molecule has 2 aliphatic heterocycles. The molecule has 0 radical (unpaired) electrons. The summed E-state index contributed by atoms with van der Waals surface area (Å²) in [5.41, 5.74) is 2.26. The summed E-state index contributed by atoms with van der Waals surface area (Å²) in [5.74, 6) is -0.940. The van der Waals surface area contributed by atoms with E-state index in [0.29, 0.717) is 16.9 Å². The highest BCUT2D eigenvalue weighted by molar-refractivity contribution is 6.07. The second-order valence-corrected chi connectivity index (χ2v) is 9.34. The third-order valence-corrected chi connectivity index (χ3v) is 7.05. The maximum Gasteiger partial charge on any atom is 0.338 e. The predicted molar refractivity (Wildman–Crippen MR) is 144 cm³/mol. The van der Waals surface area contributed by atoms with Crippen molar-refractivity contribution in [3.63, 3.8) is 0 Å². The molecule has 2 aromatic carbocycles. The van der Waals surface area contributed by atoms with E-state index >= 15 is 0 Å². The third-order valence-electron chi connectivity index (χ3n) is 7.05. The summed E-state index contributed by atoms with van der Waals surface area (Å²) in [6.07, 6.45) is 3.10. The van der Waals surface area contributed by atoms with Crippen molar-refractivity contribution in [2.75, 3.05) is 67.5 Å². The van der Waals surface area contributed by atoms with Gasteiger partial charge in [0.05, 0.1) is 28.5 Å². The van der Waals surface area contributed by atoms with Gasteiger partial charge in [0.1, 0.15) is 5.69 Å². The number of hydrogen-bond donors (Lipinski definition) is 1. The van der Waals surface area contributed by atoms with Gasteiger partial charge in [-0.2, -0.15) is 0 Å². The quantitative estimate of drug-likeness (QED) is 0.321. The summed E-state index contributed by atoms with van der Waals surface area (Å²) in [6, 6.07) is 9.78. The fraction of sp³-hybridized carbons (Fsp3) is 0.481. The number of nitro benzene ring substituents is 1. The van der Waals surface area contributed by atoms with E-state index in [9.17, 15) is 19.7 Å². The zero-order valence-corrected chi connectivity index (χ0v) is 21.6. The summed E-state index contributed by atoms with van der Waals surface area (Å²) in [7, 11) is 0. The second-order valence-electron chi connectivity index (χ2n) is 9.34. The Labute approximate surface area is 217 Å². The zero-order chi connectivity index (χ0) is 26.4. The molecule has 37 heavy (non-hydrogen) atoms. The van der Waals surface area contributed by atoms with E-state index in [0.717, 1.165) is 70.8 Å². The van der Waals surface area contributed by atoms with Gasteiger partial charge >= 0.3 is 5.97 Å². The standard InChI is InChI=1S/C27H35N5O5/c1-3-29-14-16-31(17-15-29)23-10-9-21(27(34)37-4-2)18-22(23)28-26(33)20-8-11-24(25(19-20)32(35)36)30-12-6-5-7-13-30/h8-11,18-19H,3-7,12-17H2,1-2H3,(H,28,33). The molecule has 1 amide bonds. The average Bonchev–Trinajstić information content (AvgIpc) is 2.93. The topological polar surface area (TPSA) is 108 Å². The van der Waals surface area contributed by atoms with E-state index in [1.165, 1.54) is 6.07 Å². The molecule has 2 aromatic rings. The largest absolute Gasteiger partial charge is 0.462 e. The zero-order valence-electron chi connectivity index (χ0n) is 21.6. The normalized spacial score (nSPS) is 16.4. The first kappa shape index (κ1) is 26.4. The molecule has 0 aliphatic carbocycles. The molecule has 0 spiro atoms. The van der Waals surface area contributed by atoms with Crippen molar-refractivity contribution in [1.82, 2.24) is 4.90 Å². The number of benzene rings is 2. The Hall–Kier alpha value is -3.66. The molecule has 1 N–H and O–H groups in total. The van der Waals surface area contributed by atoms with Crippen LogP contribution in [0.3, 0.4) is 0 Å². The van der Waals surface area contributed by atoms with Crippen LogP contribution in [0.4, 0.5) is 22.7 Å². The van der Waals surface area contributed by atoms with E-state index in [-0.39, 0.29) is 17.9 Å². The molecule has 0 atom stereocenters. The van der Waals surface area contributed by atoms with Gasteiger partial charge in [0.25, 0.3) is 11.6 Å². The van der Waals surface area contributed by atoms with Crippen LogP contribution in [-0.2, 0) is 4.74 Å². The highest BCUT2D eigenvalue weighted by Crippen LogP contribution is 2.33. The number of nitrogens with zero attached hydrogens (tertiary/aromatic N) is 4. The van der Waals surface area contributed by atoms with Gasteiger partial charge in [-0.15, -0.1) is 0 Å². The Kier molecular flexibility index (Phi) is 8.60. The van der Waals surface area contributed by atoms with Crippen molar-refractivity contribution in [1.29, 1.82) is 0 Å². The number of likely N-dealkylation sites (N-methyl/N-ethyl adjacent to an activating group) is 1. The first-order valence-corrected chi connectivity index (χ1v) is 13.0. The number of carbonyl (C=O) groups excluding carboxylic acids is 2. The predicted octanol–water partition coefficient (Wildman–Crippen LogP) is 4.16. The van der Waals surface area contributed by atoms with Crippen molar-refractivity contribution in [2.45, 2.75) is 33.1 Å². The van der Waals surface area contributed by atoms with Crippen LogP contribution in [0.2, 0.25) is 0 Å². The lowest BCUT2D eigenvalue weighted by Crippen LogP contribution is -2.46. The van der Waals surface area contributed by atoms with Crippen LogP contribution in [0, 0.1) is 10.1 Å². The summed E-state index contributed by atoms with van der Waals surface area (Å²) in [6.45, 7) is 9.98. The van der Waals surface area contributed by atoms with Gasteiger partial charge in [-0.05, 0) is 63.1 Å². The fourth-order valence-electron chi connectivity index (χ4n) is 4.97. The molecule has 10 nitrogen and oxygen atoms in total. The number of amides is 1. The van der Waals surface area contributed by atoms with E-state index < -0.39 is 16.8 Å². The van der Waals surface area contributed by atoms with Crippen molar-refractivity contribution in [3.05, 3.63) is 57.6 Å². The number of esters is 1. The van der Waals surface area contributed by atoms with E-state index in [1.807, 2.05) is 11.0 Å². The van der Waals surface area contributed by atoms with E-state index in [2.05, 4.69) is 22.0 Å². The van der Waals surface area contributed by atoms with Crippen molar-refractivity contribution in [2.24, 2.45) is 0 Å². The third kappa shape index (κ3) is 6.19. The maximum atomic E-state index is 13.3. The Bertz CT molecular complexity index is 1140. The van der Waals surface area contributed by atoms with Gasteiger partial charge in [0.2, 0.25) is 0 Å². The lowest BCUT2D eigenvalue weighted by Gasteiger charge is -2.36. The van der Waals surface area contributed by atoms with Crippen molar-refractivity contribution in [3.8, 4) is 0 Å². The molecule has 2 fully saturated rings. The molecule has 2 aliphatic rings. The first-order valence-electron chi connectivity index (χ1n) is 13.0. The number of anilines is 3. The van der Waals surface area contributed by atoms with Gasteiger partial charge in [0.15, 0.2) is 0 Å². The molecule has 198 valence electrons. The minimum atomic E-state index is -0.470. The minimum absolute atomic E-state index is 0.0780. The smallest absolute Gasteiger partial charge is 0.338 e. The molecular formula is C27H35N5O5. The molecule has 2 saturated heterocycles. The number of hydrogen-bond acceptors (Lipinski definition) is 8. The number of rotatable bonds is 8. The highest BCUT2D eigenvalue weighted by Gasteiger charge is 2.25. The molecule has 10 heteroatoms. The van der Waals surface area contributed by atoms with Crippen LogP contribution in [0.15, 0.2) is 36.4 Å². The number of nitro groups is 1. The summed E-state index contributed by atoms with van der Waals surface area (Å²) in [4.78, 5) is 43.7. The molecule has 0 unspecified atom stereocenters. The fourth-order valence-corrected chi connectivity index (χ4v) is 4.97. The Morgan fingerprint density at radius 2 is 1.54 bits per heavy atom. The Balaban J connectivity index is 1.62. The number of piperazine rings is 1. The lowest BCUT2D eigenvalue weighted by atomic mass is 10.1. The minimum Gasteiger partial charge on any atom is -0.462 e. The first-order chi connectivity index (χ1) is 17.9. The van der Waals surface area contributed by atoms with Crippen LogP contribution in [0.1, 0.15) is 53.8 Å². The number of piperidine rings is 1. The van der Waals surface area contributed by atoms with E-state index in [4.69, 9.17) is 4.74 Å². The molecule has 0 aromatic heterocycles. The molecule has 0 bridgehead atoms. The lowest BCUT2D eigenvalue weighted by molar-refractivity contribution is -0.384. The van der Waals surface area contributed by atoms with Crippen LogP contribution in [0.5, 0.6) is 0 Å². The van der Waals surface area contributed by atoms with Gasteiger partial charge in [0, 0.05) is 50.9 Å². The van der Waals surface area contributed by atoms with Crippen LogP contribution < -0.4 is 15.1 Å². The van der Waals surface area contributed by atoms with Crippen molar-refractivity contribution < 1.29 is 19.2 Å². The molecule has 2 heterocycles. The van der Waals surface area contributed by atoms with Gasteiger partial charge in [-0.1, -0.05) is 6.92 Å². The summed E-state index contributed by atoms with van der Waals surface area (Å²) < 4.78 is 5.15. The summed E-state index contributed by atoms with van der Waals surface area (Å²) >= 11 is 0.